The van der Waals surface area contributed by atoms with Gasteiger partial charge < -0.3 is 14.2 Å². The molecule has 0 bridgehead atoms. The Balaban J connectivity index is 4.30. The van der Waals surface area contributed by atoms with Crippen molar-refractivity contribution in [1.82, 2.24) is 0 Å². The van der Waals surface area contributed by atoms with Gasteiger partial charge >= 0.3 is 17.9 Å². The highest BCUT2D eigenvalue weighted by Gasteiger charge is 2.19. The molecule has 0 spiro atoms. The summed E-state index contributed by atoms with van der Waals surface area (Å²) in [6.07, 6.45) is 92.9. The number of carbonyl (C=O) groups is 3. The van der Waals surface area contributed by atoms with Crippen LogP contribution in [0.4, 0.5) is 0 Å². The van der Waals surface area contributed by atoms with Gasteiger partial charge in [-0.2, -0.15) is 0 Å². The quantitative estimate of drug-likeness (QED) is 0.0261. The SMILES string of the molecule is CC/C=C\C/C=C\C/C=C\C/C=C\C/C=C\C/C=C\CCCCCCCCCCC(=O)OCC(COC(=O)CCCCCCC/C=C\C/C=C\CCC)OC(=O)CCCCCCCCCCCCCCCCCCCCCCCCC. The van der Waals surface area contributed by atoms with E-state index in [-0.39, 0.29) is 31.1 Å². The monoisotopic (exact) mass is 1130 g/mol. The summed E-state index contributed by atoms with van der Waals surface area (Å²) in [6.45, 7) is 6.49. The Bertz CT molecular complexity index is 1580. The molecule has 0 saturated heterocycles. The van der Waals surface area contributed by atoms with Crippen molar-refractivity contribution in [2.24, 2.45) is 0 Å². The van der Waals surface area contributed by atoms with E-state index < -0.39 is 6.10 Å². The summed E-state index contributed by atoms with van der Waals surface area (Å²) in [7, 11) is 0. The van der Waals surface area contributed by atoms with Crippen LogP contribution in [0.3, 0.4) is 0 Å². The standard InChI is InChI=1S/C75H130O6/c1-4-7-10-13-16-19-22-25-27-29-31-33-35-36-37-38-40-41-43-45-47-50-53-56-59-62-65-68-74(77)80-71-72(70-79-73(76)67-64-61-58-55-52-49-24-21-18-15-12-9-6-3)81-75(78)69-66-63-60-57-54-51-48-46-44-42-39-34-32-30-28-26-23-20-17-14-11-8-5-2/h7,10,12,15-16,19,21,24-25,27,31,33,36-37,40-41,72H,4-6,8-9,11,13-14,17-18,20,22-23,26,28-30,32,34-35,38-39,42-71H2,1-3H3/b10-7-,15-12-,19-16-,24-21-,27-25-,33-31-,37-36-,41-40-. The first-order valence-electron chi connectivity index (χ1n) is 34.7. The molecule has 0 saturated carbocycles. The number of ether oxygens (including phenoxy) is 3. The largest absolute Gasteiger partial charge is 0.462 e. The van der Waals surface area contributed by atoms with Gasteiger partial charge in [0, 0.05) is 19.3 Å². The van der Waals surface area contributed by atoms with E-state index in [1.165, 1.54) is 173 Å². The lowest BCUT2D eigenvalue weighted by Crippen LogP contribution is -2.30. The molecule has 0 aromatic rings. The zero-order chi connectivity index (χ0) is 58.5. The second-order valence-corrected chi connectivity index (χ2v) is 23.1. The fraction of sp³-hybridized carbons (Fsp3) is 0.747. The predicted molar refractivity (Wildman–Crippen MR) is 353 cm³/mol. The van der Waals surface area contributed by atoms with Crippen LogP contribution in [0, 0.1) is 0 Å². The maximum absolute atomic E-state index is 13.0. The zero-order valence-electron chi connectivity index (χ0n) is 53.5. The van der Waals surface area contributed by atoms with Crippen molar-refractivity contribution in [3.8, 4) is 0 Å². The van der Waals surface area contributed by atoms with E-state index in [0.717, 1.165) is 128 Å². The van der Waals surface area contributed by atoms with E-state index in [1.54, 1.807) is 0 Å². The summed E-state index contributed by atoms with van der Waals surface area (Å²) in [4.78, 5) is 38.4. The average Bonchev–Trinajstić information content (AvgIpc) is 3.46. The molecule has 0 aliphatic heterocycles. The minimum absolute atomic E-state index is 0.0840. The fourth-order valence-electron chi connectivity index (χ4n) is 9.90. The average molecular weight is 1130 g/mol. The van der Waals surface area contributed by atoms with Gasteiger partial charge in [0.1, 0.15) is 13.2 Å². The van der Waals surface area contributed by atoms with Crippen molar-refractivity contribution in [3.63, 3.8) is 0 Å². The van der Waals surface area contributed by atoms with Gasteiger partial charge in [-0.15, -0.1) is 0 Å². The third-order valence-electron chi connectivity index (χ3n) is 15.1. The molecule has 6 nitrogen and oxygen atoms in total. The number of carbonyl (C=O) groups excluding carboxylic acids is 3. The number of allylic oxidation sites excluding steroid dienone is 16. The van der Waals surface area contributed by atoms with Crippen molar-refractivity contribution >= 4 is 17.9 Å². The number of rotatable bonds is 63. The summed E-state index contributed by atoms with van der Waals surface area (Å²) in [6, 6.07) is 0. The molecule has 0 radical (unpaired) electrons. The van der Waals surface area contributed by atoms with Crippen LogP contribution in [0.1, 0.15) is 342 Å². The first kappa shape index (κ1) is 77.3. The van der Waals surface area contributed by atoms with E-state index in [9.17, 15) is 14.4 Å². The highest BCUT2D eigenvalue weighted by atomic mass is 16.6. The Morgan fingerprint density at radius 1 is 0.259 bits per heavy atom. The van der Waals surface area contributed by atoms with E-state index in [4.69, 9.17) is 14.2 Å². The van der Waals surface area contributed by atoms with Crippen molar-refractivity contribution in [2.45, 2.75) is 348 Å². The Morgan fingerprint density at radius 3 is 0.802 bits per heavy atom. The fourth-order valence-corrected chi connectivity index (χ4v) is 9.90. The van der Waals surface area contributed by atoms with Crippen LogP contribution in [0.5, 0.6) is 0 Å². The Kier molecular flexibility index (Phi) is 65.7. The second kappa shape index (κ2) is 68.8. The molecule has 0 aromatic carbocycles. The van der Waals surface area contributed by atoms with Crippen LogP contribution >= 0.6 is 0 Å². The molecule has 0 heterocycles. The molecule has 0 amide bonds. The molecule has 0 fully saturated rings. The maximum Gasteiger partial charge on any atom is 0.306 e. The van der Waals surface area contributed by atoms with E-state index in [0.29, 0.717) is 19.3 Å². The normalized spacial score (nSPS) is 12.7. The smallest absolute Gasteiger partial charge is 0.306 e. The number of unbranched alkanes of at least 4 members (excludes halogenated alkanes) is 36. The predicted octanol–water partition coefficient (Wildman–Crippen LogP) is 24.0. The van der Waals surface area contributed by atoms with Crippen LogP contribution in [0.15, 0.2) is 97.2 Å². The number of hydrogen-bond acceptors (Lipinski definition) is 6. The van der Waals surface area contributed by atoms with Crippen molar-refractivity contribution < 1.29 is 28.6 Å². The molecular formula is C75H130O6. The Morgan fingerprint density at radius 2 is 0.506 bits per heavy atom. The first-order chi connectivity index (χ1) is 40.0. The molecule has 0 rings (SSSR count). The first-order valence-corrected chi connectivity index (χ1v) is 34.7. The van der Waals surface area contributed by atoms with Crippen LogP contribution < -0.4 is 0 Å². The van der Waals surface area contributed by atoms with Crippen LogP contribution in [0.2, 0.25) is 0 Å². The van der Waals surface area contributed by atoms with E-state index in [2.05, 4.69) is 118 Å². The second-order valence-electron chi connectivity index (χ2n) is 23.1. The minimum Gasteiger partial charge on any atom is -0.462 e. The molecule has 466 valence electrons. The third kappa shape index (κ3) is 67.0. The zero-order valence-corrected chi connectivity index (χ0v) is 53.5. The molecule has 0 aliphatic rings. The van der Waals surface area contributed by atoms with Gasteiger partial charge in [-0.3, -0.25) is 14.4 Å². The van der Waals surface area contributed by atoms with Gasteiger partial charge in [0.2, 0.25) is 0 Å². The molecule has 6 heteroatoms. The molecule has 1 atom stereocenters. The van der Waals surface area contributed by atoms with Gasteiger partial charge in [-0.05, 0) is 96.3 Å². The molecule has 81 heavy (non-hydrogen) atoms. The number of hydrogen-bond donors (Lipinski definition) is 0. The molecule has 0 aromatic heterocycles. The summed E-state index contributed by atoms with van der Waals surface area (Å²) in [5.41, 5.74) is 0. The lowest BCUT2D eigenvalue weighted by atomic mass is 10.0. The molecule has 1 unspecified atom stereocenters. The third-order valence-corrected chi connectivity index (χ3v) is 15.1. The summed E-state index contributed by atoms with van der Waals surface area (Å²) >= 11 is 0. The maximum atomic E-state index is 13.0. The molecule has 0 N–H and O–H groups in total. The number of esters is 3. The van der Waals surface area contributed by atoms with E-state index in [1.807, 2.05) is 0 Å². The van der Waals surface area contributed by atoms with Gasteiger partial charge in [-0.1, -0.05) is 323 Å². The Labute approximate surface area is 502 Å². The van der Waals surface area contributed by atoms with Crippen molar-refractivity contribution in [3.05, 3.63) is 97.2 Å². The lowest BCUT2D eigenvalue weighted by Gasteiger charge is -2.18. The highest BCUT2D eigenvalue weighted by Crippen LogP contribution is 2.18. The van der Waals surface area contributed by atoms with E-state index >= 15 is 0 Å². The van der Waals surface area contributed by atoms with Crippen molar-refractivity contribution in [1.29, 1.82) is 0 Å². The van der Waals surface area contributed by atoms with Crippen LogP contribution in [-0.2, 0) is 28.6 Å². The van der Waals surface area contributed by atoms with Crippen LogP contribution in [-0.4, -0.2) is 37.2 Å². The Hall–Kier alpha value is -3.67. The molecule has 0 aliphatic carbocycles. The van der Waals surface area contributed by atoms with Crippen LogP contribution in [0.25, 0.3) is 0 Å². The molecular weight excluding hydrogens is 997 g/mol. The van der Waals surface area contributed by atoms with Gasteiger partial charge in [0.25, 0.3) is 0 Å². The summed E-state index contributed by atoms with van der Waals surface area (Å²) < 4.78 is 17.0. The van der Waals surface area contributed by atoms with Crippen molar-refractivity contribution in [2.75, 3.05) is 13.2 Å². The van der Waals surface area contributed by atoms with Gasteiger partial charge in [0.15, 0.2) is 6.10 Å². The highest BCUT2D eigenvalue weighted by molar-refractivity contribution is 5.71. The van der Waals surface area contributed by atoms with Gasteiger partial charge in [0.05, 0.1) is 0 Å². The summed E-state index contributed by atoms with van der Waals surface area (Å²) in [5.74, 6) is -0.890. The van der Waals surface area contributed by atoms with Gasteiger partial charge in [-0.25, -0.2) is 0 Å². The summed E-state index contributed by atoms with van der Waals surface area (Å²) in [5, 5.41) is 0. The minimum atomic E-state index is -0.787. The lowest BCUT2D eigenvalue weighted by molar-refractivity contribution is -0.167. The topological polar surface area (TPSA) is 78.9 Å².